The van der Waals surface area contributed by atoms with Gasteiger partial charge in [0, 0.05) is 43.5 Å². The Morgan fingerprint density at radius 3 is 2.76 bits per heavy atom. The molecule has 1 N–H and O–H groups in total. The minimum Gasteiger partial charge on any atom is -0.361 e. The van der Waals surface area contributed by atoms with E-state index in [9.17, 15) is 9.59 Å². The molecule has 0 bridgehead atoms. The first-order chi connectivity index (χ1) is 13.9. The van der Waals surface area contributed by atoms with Crippen LogP contribution in [0.15, 0.2) is 29.0 Å². The molecule has 1 aliphatic rings. The molecule has 0 spiro atoms. The fourth-order valence-corrected chi connectivity index (χ4v) is 3.64. The predicted octanol–water partition coefficient (Wildman–Crippen LogP) is 1.82. The van der Waals surface area contributed by atoms with Crippen LogP contribution in [0.5, 0.6) is 0 Å². The first kappa shape index (κ1) is 21.0. The maximum atomic E-state index is 12.5. The number of pyridine rings is 1. The van der Waals surface area contributed by atoms with Crippen molar-refractivity contribution in [2.75, 3.05) is 20.1 Å². The summed E-state index contributed by atoms with van der Waals surface area (Å²) < 4.78 is 5.20. The smallest absolute Gasteiger partial charge is 0.234 e. The Kier molecular flexibility index (Phi) is 6.98. The van der Waals surface area contributed by atoms with Gasteiger partial charge in [0.15, 0.2) is 0 Å². The van der Waals surface area contributed by atoms with E-state index in [2.05, 4.69) is 15.5 Å². The summed E-state index contributed by atoms with van der Waals surface area (Å²) in [4.78, 5) is 32.8. The largest absolute Gasteiger partial charge is 0.361 e. The quantitative estimate of drug-likeness (QED) is 0.764. The van der Waals surface area contributed by atoms with E-state index in [1.54, 1.807) is 12.4 Å². The van der Waals surface area contributed by atoms with Crippen LogP contribution < -0.4 is 5.32 Å². The van der Waals surface area contributed by atoms with Crippen molar-refractivity contribution in [3.05, 3.63) is 47.1 Å². The Morgan fingerprint density at radius 2 is 2.07 bits per heavy atom. The van der Waals surface area contributed by atoms with Crippen LogP contribution in [0.1, 0.15) is 41.8 Å². The van der Waals surface area contributed by atoms with Crippen LogP contribution in [-0.4, -0.2) is 57.9 Å². The first-order valence-electron chi connectivity index (χ1n) is 9.98. The van der Waals surface area contributed by atoms with Gasteiger partial charge in [-0.1, -0.05) is 5.16 Å². The molecule has 3 rings (SSSR count). The fraction of sp³-hybridized carbons (Fsp3) is 0.524. The third kappa shape index (κ3) is 5.87. The third-order valence-electron chi connectivity index (χ3n) is 5.32. The van der Waals surface area contributed by atoms with Gasteiger partial charge in [-0.05, 0) is 51.4 Å². The second-order valence-corrected chi connectivity index (χ2v) is 7.74. The first-order valence-corrected chi connectivity index (χ1v) is 9.98. The van der Waals surface area contributed by atoms with E-state index < -0.39 is 0 Å². The van der Waals surface area contributed by atoms with Gasteiger partial charge in [0.05, 0.1) is 18.8 Å². The van der Waals surface area contributed by atoms with Crippen molar-refractivity contribution in [3.63, 3.8) is 0 Å². The molecule has 1 aliphatic heterocycles. The Bertz CT molecular complexity index is 817. The fourth-order valence-electron chi connectivity index (χ4n) is 3.64. The SMILES string of the molecule is Cc1noc(C)c1CN1CCC(NC(=O)CN(C)Cc2ccncc2)CCC1=O. The van der Waals surface area contributed by atoms with Crippen LogP contribution in [0, 0.1) is 13.8 Å². The molecule has 2 aromatic rings. The molecular formula is C21H29N5O3. The van der Waals surface area contributed by atoms with Crippen LogP contribution in [0.25, 0.3) is 0 Å². The Labute approximate surface area is 171 Å². The van der Waals surface area contributed by atoms with Gasteiger partial charge < -0.3 is 14.7 Å². The molecule has 2 amide bonds. The summed E-state index contributed by atoms with van der Waals surface area (Å²) in [5.41, 5.74) is 2.91. The highest BCUT2D eigenvalue weighted by Crippen LogP contribution is 2.19. The number of likely N-dealkylation sites (N-methyl/N-ethyl adjacent to an activating group) is 1. The molecule has 0 aliphatic carbocycles. The molecular weight excluding hydrogens is 370 g/mol. The standard InChI is InChI=1S/C21H29N5O3/c1-15-19(16(2)29-24-15)13-26-11-8-18(4-5-21(26)28)23-20(27)14-25(3)12-17-6-9-22-10-7-17/h6-7,9-10,18H,4-5,8,11-14H2,1-3H3,(H,23,27). The second-order valence-electron chi connectivity index (χ2n) is 7.74. The lowest BCUT2D eigenvalue weighted by molar-refractivity contribution is -0.131. The van der Waals surface area contributed by atoms with E-state index in [1.807, 2.05) is 42.8 Å². The molecule has 1 unspecified atom stereocenters. The third-order valence-corrected chi connectivity index (χ3v) is 5.32. The highest BCUT2D eigenvalue weighted by molar-refractivity contribution is 5.79. The summed E-state index contributed by atoms with van der Waals surface area (Å²) in [6.45, 7) is 5.87. The zero-order chi connectivity index (χ0) is 20.8. The van der Waals surface area contributed by atoms with E-state index in [-0.39, 0.29) is 17.9 Å². The molecule has 2 aromatic heterocycles. The summed E-state index contributed by atoms with van der Waals surface area (Å²) >= 11 is 0. The number of hydrogen-bond donors (Lipinski definition) is 1. The maximum absolute atomic E-state index is 12.5. The van der Waals surface area contributed by atoms with Crippen LogP contribution >= 0.6 is 0 Å². The molecule has 0 radical (unpaired) electrons. The van der Waals surface area contributed by atoms with Gasteiger partial charge >= 0.3 is 0 Å². The Hall–Kier alpha value is -2.74. The minimum absolute atomic E-state index is 0.00967. The van der Waals surface area contributed by atoms with Gasteiger partial charge in [-0.15, -0.1) is 0 Å². The molecule has 8 nitrogen and oxygen atoms in total. The van der Waals surface area contributed by atoms with Gasteiger partial charge in [0.1, 0.15) is 5.76 Å². The van der Waals surface area contributed by atoms with Crippen molar-refractivity contribution in [2.24, 2.45) is 0 Å². The van der Waals surface area contributed by atoms with Gasteiger partial charge in [0.25, 0.3) is 0 Å². The van der Waals surface area contributed by atoms with Crippen LogP contribution in [0.3, 0.4) is 0 Å². The van der Waals surface area contributed by atoms with E-state index in [0.717, 1.165) is 29.0 Å². The minimum atomic E-state index is -0.0156. The van der Waals surface area contributed by atoms with E-state index in [1.165, 1.54) is 0 Å². The number of amides is 2. The lowest BCUT2D eigenvalue weighted by Gasteiger charge is -2.22. The van der Waals surface area contributed by atoms with Crippen molar-refractivity contribution >= 4 is 11.8 Å². The average molecular weight is 399 g/mol. The molecule has 29 heavy (non-hydrogen) atoms. The Balaban J connectivity index is 1.48. The van der Waals surface area contributed by atoms with Crippen molar-refractivity contribution < 1.29 is 14.1 Å². The number of aromatic nitrogens is 2. The zero-order valence-electron chi connectivity index (χ0n) is 17.4. The maximum Gasteiger partial charge on any atom is 0.234 e. The van der Waals surface area contributed by atoms with Gasteiger partial charge in [-0.2, -0.15) is 0 Å². The molecule has 0 aromatic carbocycles. The van der Waals surface area contributed by atoms with Crippen molar-refractivity contribution in [3.8, 4) is 0 Å². The number of likely N-dealkylation sites (tertiary alicyclic amines) is 1. The van der Waals surface area contributed by atoms with E-state index >= 15 is 0 Å². The van der Waals surface area contributed by atoms with Crippen LogP contribution in [-0.2, 0) is 22.7 Å². The number of nitrogens with zero attached hydrogens (tertiary/aromatic N) is 4. The van der Waals surface area contributed by atoms with Gasteiger partial charge in [0.2, 0.25) is 11.8 Å². The van der Waals surface area contributed by atoms with E-state index in [0.29, 0.717) is 39.0 Å². The molecule has 3 heterocycles. The van der Waals surface area contributed by atoms with Crippen molar-refractivity contribution in [2.45, 2.75) is 52.2 Å². The highest BCUT2D eigenvalue weighted by Gasteiger charge is 2.25. The molecule has 1 fully saturated rings. The number of carbonyl (C=O) groups excluding carboxylic acids is 2. The summed E-state index contributed by atoms with van der Waals surface area (Å²) in [5, 5.41) is 7.06. The van der Waals surface area contributed by atoms with Gasteiger partial charge in [-0.25, -0.2) is 0 Å². The summed E-state index contributed by atoms with van der Waals surface area (Å²) in [7, 11) is 1.92. The topological polar surface area (TPSA) is 91.6 Å². The van der Waals surface area contributed by atoms with Crippen LogP contribution in [0.2, 0.25) is 0 Å². The lowest BCUT2D eigenvalue weighted by atomic mass is 10.1. The van der Waals surface area contributed by atoms with Crippen molar-refractivity contribution in [1.29, 1.82) is 0 Å². The summed E-state index contributed by atoms with van der Waals surface area (Å²) in [6, 6.07) is 3.90. The van der Waals surface area contributed by atoms with Gasteiger partial charge in [-0.3, -0.25) is 19.5 Å². The number of nitrogens with one attached hydrogen (secondary N) is 1. The normalized spacial score (nSPS) is 17.4. The molecule has 1 saturated heterocycles. The van der Waals surface area contributed by atoms with Crippen LogP contribution in [0.4, 0.5) is 0 Å². The van der Waals surface area contributed by atoms with E-state index in [4.69, 9.17) is 4.52 Å². The molecule has 156 valence electrons. The molecule has 0 saturated carbocycles. The second kappa shape index (κ2) is 9.65. The summed E-state index contributed by atoms with van der Waals surface area (Å²) in [5.74, 6) is 0.844. The van der Waals surface area contributed by atoms with Crippen molar-refractivity contribution in [1.82, 2.24) is 25.3 Å². The predicted molar refractivity (Wildman–Crippen MR) is 108 cm³/mol. The highest BCUT2D eigenvalue weighted by atomic mass is 16.5. The summed E-state index contributed by atoms with van der Waals surface area (Å²) in [6.07, 6.45) is 5.34. The Morgan fingerprint density at radius 1 is 1.31 bits per heavy atom. The monoisotopic (exact) mass is 399 g/mol. The number of aryl methyl sites for hydroxylation is 2. The number of rotatable bonds is 7. The number of carbonyl (C=O) groups is 2. The lowest BCUT2D eigenvalue weighted by Crippen LogP contribution is -2.41. The number of hydrogen-bond acceptors (Lipinski definition) is 6. The molecule has 8 heteroatoms. The molecule has 1 atom stereocenters. The average Bonchev–Trinajstić information content (AvgIpc) is 2.89. The zero-order valence-corrected chi connectivity index (χ0v) is 17.4.